The largest absolute Gasteiger partial charge is 0.473 e. The average Bonchev–Trinajstić information content (AvgIpc) is 2.66. The summed E-state index contributed by atoms with van der Waals surface area (Å²) in [4.78, 5) is 16.3. The summed E-state index contributed by atoms with van der Waals surface area (Å²) in [6.07, 6.45) is 3.44. The van der Waals surface area contributed by atoms with Crippen LogP contribution >= 0.6 is 0 Å². The number of rotatable bonds is 6. The minimum Gasteiger partial charge on any atom is -0.473 e. The number of hydrogen-bond acceptors (Lipinski definition) is 4. The molecule has 132 valence electrons. The van der Waals surface area contributed by atoms with E-state index in [0.29, 0.717) is 23.9 Å². The summed E-state index contributed by atoms with van der Waals surface area (Å²) >= 11 is 0. The van der Waals surface area contributed by atoms with Crippen molar-refractivity contribution < 1.29 is 18.7 Å². The van der Waals surface area contributed by atoms with Crippen molar-refractivity contribution in [1.82, 2.24) is 10.3 Å². The third-order valence-electron chi connectivity index (χ3n) is 4.17. The number of amides is 1. The summed E-state index contributed by atoms with van der Waals surface area (Å²) in [6, 6.07) is 9.53. The van der Waals surface area contributed by atoms with Gasteiger partial charge in [0.1, 0.15) is 12.4 Å². The second-order valence-corrected chi connectivity index (χ2v) is 6.07. The van der Waals surface area contributed by atoms with Crippen molar-refractivity contribution in [1.29, 1.82) is 0 Å². The molecule has 1 aromatic carbocycles. The predicted octanol–water partition coefficient (Wildman–Crippen LogP) is 2.96. The van der Waals surface area contributed by atoms with E-state index in [2.05, 4.69) is 10.3 Å². The lowest BCUT2D eigenvalue weighted by Crippen LogP contribution is -2.32. The first-order valence-electron chi connectivity index (χ1n) is 8.40. The molecule has 0 radical (unpaired) electrons. The molecule has 2 aromatic rings. The molecule has 0 aliphatic carbocycles. The molecule has 0 unspecified atom stereocenters. The lowest BCUT2D eigenvalue weighted by molar-refractivity contribution is 0.0642. The van der Waals surface area contributed by atoms with E-state index in [1.807, 2.05) is 0 Å². The number of halogens is 1. The number of carbonyl (C=O) groups excluding carboxylic acids is 1. The van der Waals surface area contributed by atoms with Crippen molar-refractivity contribution in [2.24, 2.45) is 5.92 Å². The highest BCUT2D eigenvalue weighted by Crippen LogP contribution is 2.14. The zero-order valence-electron chi connectivity index (χ0n) is 13.9. The Morgan fingerprint density at radius 2 is 2.12 bits per heavy atom. The molecule has 1 N–H and O–H groups in total. The highest BCUT2D eigenvalue weighted by atomic mass is 19.1. The summed E-state index contributed by atoms with van der Waals surface area (Å²) in [5.74, 6) is 0.422. The predicted molar refractivity (Wildman–Crippen MR) is 90.8 cm³/mol. The number of pyridine rings is 1. The van der Waals surface area contributed by atoms with E-state index in [1.165, 1.54) is 18.3 Å². The minimum atomic E-state index is -0.300. The van der Waals surface area contributed by atoms with E-state index in [9.17, 15) is 9.18 Å². The number of nitrogens with zero attached hydrogens (tertiary/aromatic N) is 1. The van der Waals surface area contributed by atoms with E-state index in [0.717, 1.165) is 31.6 Å². The molecule has 1 aromatic heterocycles. The van der Waals surface area contributed by atoms with Crippen LogP contribution in [0.25, 0.3) is 0 Å². The van der Waals surface area contributed by atoms with Gasteiger partial charge in [0.15, 0.2) is 0 Å². The van der Waals surface area contributed by atoms with Gasteiger partial charge in [-0.3, -0.25) is 4.79 Å². The quantitative estimate of drug-likeness (QED) is 0.875. The van der Waals surface area contributed by atoms with Crippen LogP contribution in [0.4, 0.5) is 4.39 Å². The maximum Gasteiger partial charge on any atom is 0.252 e. The Balaban J connectivity index is 1.48. The van der Waals surface area contributed by atoms with Crippen LogP contribution in [0.5, 0.6) is 5.88 Å². The van der Waals surface area contributed by atoms with Crippen LogP contribution in [0.15, 0.2) is 42.6 Å². The molecular formula is C19H21FN2O3. The van der Waals surface area contributed by atoms with E-state index < -0.39 is 0 Å². The van der Waals surface area contributed by atoms with E-state index in [4.69, 9.17) is 9.47 Å². The molecule has 1 aliphatic heterocycles. The topological polar surface area (TPSA) is 60.5 Å². The van der Waals surface area contributed by atoms with Gasteiger partial charge >= 0.3 is 0 Å². The van der Waals surface area contributed by atoms with Gasteiger partial charge < -0.3 is 14.8 Å². The van der Waals surface area contributed by atoms with Crippen LogP contribution in [-0.2, 0) is 11.3 Å². The first-order valence-corrected chi connectivity index (χ1v) is 8.40. The van der Waals surface area contributed by atoms with Gasteiger partial charge in [-0.15, -0.1) is 0 Å². The Labute approximate surface area is 146 Å². The molecule has 1 saturated heterocycles. The van der Waals surface area contributed by atoms with E-state index in [1.54, 1.807) is 24.3 Å². The van der Waals surface area contributed by atoms with Crippen molar-refractivity contribution in [2.75, 3.05) is 19.8 Å². The molecule has 0 saturated carbocycles. The molecule has 0 spiro atoms. The van der Waals surface area contributed by atoms with E-state index in [-0.39, 0.29) is 18.3 Å². The van der Waals surface area contributed by atoms with Crippen LogP contribution < -0.4 is 10.1 Å². The van der Waals surface area contributed by atoms with Crippen LogP contribution in [0, 0.1) is 11.7 Å². The number of ether oxygens (including phenoxy) is 2. The maximum absolute atomic E-state index is 13.1. The number of aromatic nitrogens is 1. The minimum absolute atomic E-state index is 0.143. The number of hydrogen-bond donors (Lipinski definition) is 1. The van der Waals surface area contributed by atoms with Gasteiger partial charge in [-0.05, 0) is 42.5 Å². The molecule has 1 amide bonds. The Morgan fingerprint density at radius 1 is 1.28 bits per heavy atom. The molecule has 6 heteroatoms. The maximum atomic E-state index is 13.1. The second kappa shape index (κ2) is 8.58. The molecular weight excluding hydrogens is 323 g/mol. The van der Waals surface area contributed by atoms with Crippen LogP contribution in [-0.4, -0.2) is 30.6 Å². The first kappa shape index (κ1) is 17.4. The van der Waals surface area contributed by atoms with Crippen LogP contribution in [0.2, 0.25) is 0 Å². The monoisotopic (exact) mass is 344 g/mol. The van der Waals surface area contributed by atoms with Crippen molar-refractivity contribution >= 4 is 5.91 Å². The lowest BCUT2D eigenvalue weighted by Gasteiger charge is -2.22. The smallest absolute Gasteiger partial charge is 0.252 e. The fraction of sp³-hybridized carbons (Fsp3) is 0.368. The standard InChI is InChI=1S/C19H21FN2O3/c20-17-3-1-2-15(10-17)13-25-18-5-4-16(12-21-18)19(23)22-11-14-6-8-24-9-7-14/h1-5,10,12,14H,6-9,11,13H2,(H,22,23). The highest BCUT2D eigenvalue weighted by Gasteiger charge is 2.15. The van der Waals surface area contributed by atoms with Crippen molar-refractivity contribution in [3.63, 3.8) is 0 Å². The van der Waals surface area contributed by atoms with Crippen LogP contribution in [0.1, 0.15) is 28.8 Å². The lowest BCUT2D eigenvalue weighted by atomic mass is 10.0. The van der Waals surface area contributed by atoms with Gasteiger partial charge in [0.2, 0.25) is 5.88 Å². The molecule has 25 heavy (non-hydrogen) atoms. The Kier molecular flexibility index (Phi) is 5.95. The number of carbonyl (C=O) groups is 1. The Hall–Kier alpha value is -2.47. The van der Waals surface area contributed by atoms with Crippen molar-refractivity contribution in [3.8, 4) is 5.88 Å². The SMILES string of the molecule is O=C(NCC1CCOCC1)c1ccc(OCc2cccc(F)c2)nc1. The van der Waals surface area contributed by atoms with Gasteiger partial charge in [-0.25, -0.2) is 9.37 Å². The summed E-state index contributed by atoms with van der Waals surface area (Å²) in [6.45, 7) is 2.40. The molecule has 1 aliphatic rings. The Morgan fingerprint density at radius 3 is 2.84 bits per heavy atom. The fourth-order valence-electron chi connectivity index (χ4n) is 2.67. The Bertz CT molecular complexity index is 700. The first-order chi connectivity index (χ1) is 12.2. The highest BCUT2D eigenvalue weighted by molar-refractivity contribution is 5.93. The zero-order valence-corrected chi connectivity index (χ0v) is 13.9. The third kappa shape index (κ3) is 5.26. The molecule has 0 atom stereocenters. The molecule has 5 nitrogen and oxygen atoms in total. The summed E-state index contributed by atoms with van der Waals surface area (Å²) < 4.78 is 23.9. The second-order valence-electron chi connectivity index (χ2n) is 6.07. The van der Waals surface area contributed by atoms with Gasteiger partial charge in [0, 0.05) is 32.0 Å². The van der Waals surface area contributed by atoms with Crippen molar-refractivity contribution in [3.05, 3.63) is 59.5 Å². The summed E-state index contributed by atoms with van der Waals surface area (Å²) in [7, 11) is 0. The zero-order chi connectivity index (χ0) is 17.5. The number of nitrogens with one attached hydrogen (secondary N) is 1. The van der Waals surface area contributed by atoms with Gasteiger partial charge in [-0.1, -0.05) is 12.1 Å². The average molecular weight is 344 g/mol. The van der Waals surface area contributed by atoms with Gasteiger partial charge in [0.05, 0.1) is 5.56 Å². The van der Waals surface area contributed by atoms with Crippen LogP contribution in [0.3, 0.4) is 0 Å². The molecule has 3 rings (SSSR count). The van der Waals surface area contributed by atoms with E-state index >= 15 is 0 Å². The normalized spacial score (nSPS) is 14.9. The van der Waals surface area contributed by atoms with Gasteiger partial charge in [0.25, 0.3) is 5.91 Å². The fourth-order valence-corrected chi connectivity index (χ4v) is 2.67. The molecule has 1 fully saturated rings. The third-order valence-corrected chi connectivity index (χ3v) is 4.17. The summed E-state index contributed by atoms with van der Waals surface area (Å²) in [5.41, 5.74) is 1.21. The van der Waals surface area contributed by atoms with Crippen molar-refractivity contribution in [2.45, 2.75) is 19.4 Å². The summed E-state index contributed by atoms with van der Waals surface area (Å²) in [5, 5.41) is 2.94. The molecule has 2 heterocycles. The molecule has 0 bridgehead atoms. The van der Waals surface area contributed by atoms with Gasteiger partial charge in [-0.2, -0.15) is 0 Å². The number of benzene rings is 1.